The number of morpholine rings is 2. The van der Waals surface area contributed by atoms with Gasteiger partial charge in [0.05, 0.1) is 26.4 Å². The van der Waals surface area contributed by atoms with Crippen molar-refractivity contribution in [2.24, 2.45) is 0 Å². The Hall–Kier alpha value is -2.82. The lowest BCUT2D eigenvalue weighted by Crippen LogP contribution is -2.37. The van der Waals surface area contributed by atoms with E-state index >= 15 is 0 Å². The molecule has 0 N–H and O–H groups in total. The van der Waals surface area contributed by atoms with Crippen LogP contribution in [0.1, 0.15) is 11.1 Å². The molecule has 0 spiro atoms. The highest BCUT2D eigenvalue weighted by Crippen LogP contribution is 2.40. The van der Waals surface area contributed by atoms with Crippen LogP contribution < -0.4 is 9.80 Å². The van der Waals surface area contributed by atoms with Crippen molar-refractivity contribution >= 4 is 16.9 Å². The monoisotopic (exact) mass is 400 g/mol. The van der Waals surface area contributed by atoms with E-state index in [9.17, 15) is 0 Å². The van der Waals surface area contributed by atoms with Crippen LogP contribution >= 0.6 is 0 Å². The topological polar surface area (TPSA) is 24.9 Å². The van der Waals surface area contributed by atoms with Crippen LogP contribution in [-0.4, -0.2) is 52.6 Å². The number of ether oxygens (including phenoxy) is 2. The molecule has 2 aromatic rings. The molecular formula is C26H28N2O2. The van der Waals surface area contributed by atoms with Crippen LogP contribution in [0.25, 0.3) is 5.57 Å². The summed E-state index contributed by atoms with van der Waals surface area (Å²) >= 11 is 0. The number of benzene rings is 2. The van der Waals surface area contributed by atoms with Gasteiger partial charge in [0.2, 0.25) is 0 Å². The largest absolute Gasteiger partial charge is 0.378 e. The van der Waals surface area contributed by atoms with Gasteiger partial charge in [0.1, 0.15) is 0 Å². The van der Waals surface area contributed by atoms with E-state index in [1.165, 1.54) is 33.6 Å². The summed E-state index contributed by atoms with van der Waals surface area (Å²) in [5.41, 5.74) is 7.70. The average Bonchev–Trinajstić information content (AvgIpc) is 3.36. The molecule has 0 bridgehead atoms. The highest BCUT2D eigenvalue weighted by atomic mass is 16.5. The molecule has 4 heteroatoms. The molecule has 3 aliphatic rings. The van der Waals surface area contributed by atoms with Crippen LogP contribution in [0.15, 0.2) is 78.4 Å². The minimum absolute atomic E-state index is 0.782. The van der Waals surface area contributed by atoms with E-state index in [1.54, 1.807) is 0 Å². The lowest BCUT2D eigenvalue weighted by Gasteiger charge is -2.33. The molecule has 2 aliphatic heterocycles. The van der Waals surface area contributed by atoms with E-state index in [0.717, 1.165) is 52.6 Å². The number of anilines is 2. The number of allylic oxidation sites excluding steroid dienone is 5. The van der Waals surface area contributed by atoms with Crippen LogP contribution in [0, 0.1) is 0 Å². The van der Waals surface area contributed by atoms with Gasteiger partial charge in [-0.2, -0.15) is 0 Å². The summed E-state index contributed by atoms with van der Waals surface area (Å²) in [6.07, 6.45) is 8.71. The van der Waals surface area contributed by atoms with Crippen molar-refractivity contribution in [2.45, 2.75) is 0 Å². The highest BCUT2D eigenvalue weighted by molar-refractivity contribution is 5.95. The van der Waals surface area contributed by atoms with E-state index < -0.39 is 0 Å². The molecule has 2 heterocycles. The van der Waals surface area contributed by atoms with Crippen LogP contribution in [0.3, 0.4) is 0 Å². The molecule has 1 aliphatic carbocycles. The van der Waals surface area contributed by atoms with Crippen molar-refractivity contribution in [2.75, 3.05) is 62.4 Å². The van der Waals surface area contributed by atoms with Gasteiger partial charge in [-0.05, 0) is 17.7 Å². The SMILES string of the molecule is C1=CC(=C(c2ccccc2N2CCOCC2)c2ccccc2N2CCOCC2)C=C1. The standard InChI is InChI=1S/C26H28N2O2/c1-2-8-21(7-1)26(22-9-3-5-11-24(22)27-13-17-29-18-14-27)23-10-4-6-12-25(23)28-15-19-30-20-16-28/h1-12H,13-20H2. The quantitative estimate of drug-likeness (QED) is 0.765. The first-order valence-corrected chi connectivity index (χ1v) is 10.8. The Morgan fingerprint density at radius 3 is 1.50 bits per heavy atom. The van der Waals surface area contributed by atoms with Crippen molar-refractivity contribution in [3.05, 3.63) is 89.5 Å². The first-order chi connectivity index (χ1) is 14.9. The molecule has 2 saturated heterocycles. The molecule has 2 fully saturated rings. The molecule has 0 unspecified atom stereocenters. The summed E-state index contributed by atoms with van der Waals surface area (Å²) in [5, 5.41) is 0. The highest BCUT2D eigenvalue weighted by Gasteiger charge is 2.23. The van der Waals surface area contributed by atoms with Gasteiger partial charge >= 0.3 is 0 Å². The molecule has 0 saturated carbocycles. The smallest absolute Gasteiger partial charge is 0.0642 e. The number of rotatable bonds is 4. The fraction of sp³-hybridized carbons (Fsp3) is 0.308. The Morgan fingerprint density at radius 2 is 1.03 bits per heavy atom. The lowest BCUT2D eigenvalue weighted by molar-refractivity contribution is 0.122. The zero-order valence-electron chi connectivity index (χ0n) is 17.3. The number of para-hydroxylation sites is 2. The predicted molar refractivity (Wildman–Crippen MR) is 123 cm³/mol. The normalized spacial score (nSPS) is 18.9. The fourth-order valence-corrected chi connectivity index (χ4v) is 4.53. The van der Waals surface area contributed by atoms with Crippen LogP contribution in [0.2, 0.25) is 0 Å². The van der Waals surface area contributed by atoms with E-state index in [2.05, 4.69) is 82.6 Å². The maximum absolute atomic E-state index is 5.61. The summed E-state index contributed by atoms with van der Waals surface area (Å²) in [4.78, 5) is 4.91. The van der Waals surface area contributed by atoms with Crippen molar-refractivity contribution < 1.29 is 9.47 Å². The molecule has 2 aromatic carbocycles. The number of hydrogen-bond donors (Lipinski definition) is 0. The minimum atomic E-state index is 0.782. The third kappa shape index (κ3) is 3.81. The lowest BCUT2D eigenvalue weighted by atomic mass is 9.90. The molecule has 154 valence electrons. The van der Waals surface area contributed by atoms with Crippen LogP contribution in [0.5, 0.6) is 0 Å². The van der Waals surface area contributed by atoms with Gasteiger partial charge < -0.3 is 19.3 Å². The molecule has 5 rings (SSSR count). The molecule has 0 amide bonds. The first kappa shape index (κ1) is 19.2. The molecule has 30 heavy (non-hydrogen) atoms. The number of hydrogen-bond acceptors (Lipinski definition) is 4. The van der Waals surface area contributed by atoms with E-state index in [0.29, 0.717) is 0 Å². The second kappa shape index (κ2) is 8.90. The average molecular weight is 401 g/mol. The van der Waals surface area contributed by atoms with E-state index in [-0.39, 0.29) is 0 Å². The molecule has 4 nitrogen and oxygen atoms in total. The maximum atomic E-state index is 5.61. The Kier molecular flexibility index (Phi) is 5.69. The van der Waals surface area contributed by atoms with E-state index in [4.69, 9.17) is 9.47 Å². The summed E-state index contributed by atoms with van der Waals surface area (Å²) < 4.78 is 11.2. The second-order valence-corrected chi connectivity index (χ2v) is 7.78. The summed E-state index contributed by atoms with van der Waals surface area (Å²) in [5.74, 6) is 0. The van der Waals surface area contributed by atoms with Gasteiger partial charge in [-0.1, -0.05) is 60.7 Å². The second-order valence-electron chi connectivity index (χ2n) is 7.78. The Balaban J connectivity index is 1.66. The van der Waals surface area contributed by atoms with Crippen molar-refractivity contribution in [3.8, 4) is 0 Å². The number of nitrogens with zero attached hydrogens (tertiary/aromatic N) is 2. The van der Waals surface area contributed by atoms with Gasteiger partial charge in [-0.15, -0.1) is 0 Å². The van der Waals surface area contributed by atoms with Crippen LogP contribution in [0.4, 0.5) is 11.4 Å². The zero-order chi connectivity index (χ0) is 20.2. The van der Waals surface area contributed by atoms with Gasteiger partial charge in [0.15, 0.2) is 0 Å². The minimum Gasteiger partial charge on any atom is -0.378 e. The Bertz CT molecular complexity index is 903. The third-order valence-corrected chi connectivity index (χ3v) is 6.00. The van der Waals surface area contributed by atoms with Crippen molar-refractivity contribution in [1.29, 1.82) is 0 Å². The summed E-state index contributed by atoms with van der Waals surface area (Å²) in [7, 11) is 0. The van der Waals surface area contributed by atoms with E-state index in [1.807, 2.05) is 0 Å². The maximum Gasteiger partial charge on any atom is 0.0642 e. The fourth-order valence-electron chi connectivity index (χ4n) is 4.53. The van der Waals surface area contributed by atoms with Crippen molar-refractivity contribution in [3.63, 3.8) is 0 Å². The molecule has 0 atom stereocenters. The molecule has 0 aromatic heterocycles. The predicted octanol–water partition coefficient (Wildman–Crippen LogP) is 4.29. The Morgan fingerprint density at radius 1 is 0.600 bits per heavy atom. The molecular weight excluding hydrogens is 372 g/mol. The van der Waals surface area contributed by atoms with Gasteiger partial charge in [0.25, 0.3) is 0 Å². The van der Waals surface area contributed by atoms with Gasteiger partial charge in [-0.3, -0.25) is 0 Å². The van der Waals surface area contributed by atoms with Crippen LogP contribution in [-0.2, 0) is 9.47 Å². The summed E-state index contributed by atoms with van der Waals surface area (Å²) in [6, 6.07) is 17.6. The van der Waals surface area contributed by atoms with Gasteiger partial charge in [-0.25, -0.2) is 0 Å². The summed E-state index contributed by atoms with van der Waals surface area (Å²) in [6.45, 7) is 6.84. The van der Waals surface area contributed by atoms with Crippen molar-refractivity contribution in [1.82, 2.24) is 0 Å². The van der Waals surface area contributed by atoms with Gasteiger partial charge in [0, 0.05) is 54.3 Å². The molecule has 0 radical (unpaired) electrons. The Labute approximate surface area is 178 Å². The third-order valence-electron chi connectivity index (χ3n) is 6.00. The first-order valence-electron chi connectivity index (χ1n) is 10.8. The zero-order valence-corrected chi connectivity index (χ0v) is 17.3.